The molecule has 1 amide bonds. The molecule has 2 heterocycles. The fourth-order valence-corrected chi connectivity index (χ4v) is 3.11. The van der Waals surface area contributed by atoms with Crippen molar-refractivity contribution in [2.24, 2.45) is 0 Å². The predicted octanol–water partition coefficient (Wildman–Crippen LogP) is 3.02. The van der Waals surface area contributed by atoms with Gasteiger partial charge in [0.05, 0.1) is 6.20 Å². The van der Waals surface area contributed by atoms with Gasteiger partial charge in [-0.2, -0.15) is 10.1 Å². The number of carbonyl (C=O) groups excluding carboxylic acids is 1. The lowest BCUT2D eigenvalue weighted by molar-refractivity contribution is 0.103. The summed E-state index contributed by atoms with van der Waals surface area (Å²) in [6.07, 6.45) is 1.51. The highest BCUT2D eigenvalue weighted by atomic mass is 35.5. The van der Waals surface area contributed by atoms with Gasteiger partial charge in [-0.15, -0.1) is 0 Å². The lowest BCUT2D eigenvalue weighted by Gasteiger charge is -2.04. The number of benzene rings is 1. The smallest absolute Gasteiger partial charge is 0.295 e. The lowest BCUT2D eigenvalue weighted by Crippen LogP contribution is -2.14. The van der Waals surface area contributed by atoms with Gasteiger partial charge >= 0.3 is 0 Å². The van der Waals surface area contributed by atoms with Gasteiger partial charge in [-0.25, -0.2) is 4.52 Å². The summed E-state index contributed by atoms with van der Waals surface area (Å²) in [4.78, 5) is 28.3. The molecule has 22 heavy (non-hydrogen) atoms. The summed E-state index contributed by atoms with van der Waals surface area (Å²) in [5, 5.41) is 7.57. The first-order chi connectivity index (χ1) is 10.4. The van der Waals surface area contributed by atoms with Gasteiger partial charge < -0.3 is 5.32 Å². The molecule has 6 nitrogen and oxygen atoms in total. The van der Waals surface area contributed by atoms with Gasteiger partial charge in [0.15, 0.2) is 0 Å². The predicted molar refractivity (Wildman–Crippen MR) is 86.3 cm³/mol. The minimum absolute atomic E-state index is 0.267. The molecule has 0 saturated carbocycles. The van der Waals surface area contributed by atoms with E-state index in [-0.39, 0.29) is 11.6 Å². The van der Waals surface area contributed by atoms with Crippen LogP contribution in [0.1, 0.15) is 15.4 Å². The zero-order valence-electron chi connectivity index (χ0n) is 11.1. The number of aromatic nitrogens is 3. The molecule has 112 valence electrons. The van der Waals surface area contributed by atoms with Crippen LogP contribution in [0.3, 0.4) is 0 Å². The Kier molecular flexibility index (Phi) is 3.86. The summed E-state index contributed by atoms with van der Waals surface area (Å²) in [5.41, 5.74) is 0.339. The maximum Gasteiger partial charge on any atom is 0.295 e. The molecular formula is C13H8Cl2N4O2S. The minimum Gasteiger partial charge on any atom is -0.321 e. The van der Waals surface area contributed by atoms with E-state index in [1.165, 1.54) is 10.7 Å². The van der Waals surface area contributed by atoms with Gasteiger partial charge in [-0.3, -0.25) is 9.59 Å². The Balaban J connectivity index is 1.93. The van der Waals surface area contributed by atoms with E-state index in [2.05, 4.69) is 15.4 Å². The number of fused-ring (bicyclic) bond motifs is 1. The molecule has 0 spiro atoms. The van der Waals surface area contributed by atoms with E-state index >= 15 is 0 Å². The molecule has 3 rings (SSSR count). The third-order valence-corrected chi connectivity index (χ3v) is 4.15. The molecule has 0 fully saturated rings. The summed E-state index contributed by atoms with van der Waals surface area (Å²) in [6, 6.07) is 4.74. The van der Waals surface area contributed by atoms with Gasteiger partial charge in [0.2, 0.25) is 4.96 Å². The maximum absolute atomic E-state index is 12.2. The van der Waals surface area contributed by atoms with Gasteiger partial charge in [-0.05, 0) is 25.1 Å². The first-order valence-electron chi connectivity index (χ1n) is 6.07. The van der Waals surface area contributed by atoms with E-state index in [1.807, 2.05) is 0 Å². The SMILES string of the molecule is Cc1nn2cc(C(=O)Nc3cc(Cl)cc(Cl)c3)sc2nc1=O. The number of nitrogens with one attached hydrogen (secondary N) is 1. The summed E-state index contributed by atoms with van der Waals surface area (Å²) in [6.45, 7) is 1.56. The number of carbonyl (C=O) groups is 1. The van der Waals surface area contributed by atoms with Crippen LogP contribution in [0.25, 0.3) is 4.96 Å². The Labute approximate surface area is 138 Å². The number of hydrogen-bond donors (Lipinski definition) is 1. The Hall–Kier alpha value is -1.96. The number of aryl methyl sites for hydroxylation is 1. The molecule has 1 N–H and O–H groups in total. The van der Waals surface area contributed by atoms with E-state index in [4.69, 9.17) is 23.2 Å². The van der Waals surface area contributed by atoms with Gasteiger partial charge in [0.25, 0.3) is 11.5 Å². The summed E-state index contributed by atoms with van der Waals surface area (Å²) >= 11 is 12.8. The topological polar surface area (TPSA) is 76.4 Å². The van der Waals surface area contributed by atoms with E-state index < -0.39 is 5.56 Å². The van der Waals surface area contributed by atoms with Crippen LogP contribution in [0.5, 0.6) is 0 Å². The van der Waals surface area contributed by atoms with Crippen molar-refractivity contribution in [3.8, 4) is 0 Å². The first-order valence-corrected chi connectivity index (χ1v) is 7.64. The number of rotatable bonds is 2. The Morgan fingerprint density at radius 1 is 1.27 bits per heavy atom. The summed E-state index contributed by atoms with van der Waals surface area (Å²) in [7, 11) is 0. The number of amides is 1. The first kappa shape index (κ1) is 15.0. The van der Waals surface area contributed by atoms with Crippen molar-refractivity contribution in [3.05, 3.63) is 55.4 Å². The van der Waals surface area contributed by atoms with Crippen LogP contribution in [0.15, 0.2) is 29.2 Å². The lowest BCUT2D eigenvalue weighted by atomic mass is 10.3. The third kappa shape index (κ3) is 2.96. The number of hydrogen-bond acceptors (Lipinski definition) is 5. The molecule has 0 bridgehead atoms. The second kappa shape index (κ2) is 5.68. The average molecular weight is 355 g/mol. The van der Waals surface area contributed by atoms with Crippen LogP contribution in [0, 0.1) is 6.92 Å². The van der Waals surface area contributed by atoms with Crippen molar-refractivity contribution in [1.29, 1.82) is 0 Å². The summed E-state index contributed by atoms with van der Waals surface area (Å²) in [5.74, 6) is -0.360. The minimum atomic E-state index is -0.407. The Bertz CT molecular complexity index is 931. The Morgan fingerprint density at radius 2 is 1.95 bits per heavy atom. The number of thiazole rings is 1. The van der Waals surface area contributed by atoms with E-state index in [9.17, 15) is 9.59 Å². The molecular weight excluding hydrogens is 347 g/mol. The highest BCUT2D eigenvalue weighted by molar-refractivity contribution is 7.18. The van der Waals surface area contributed by atoms with Crippen LogP contribution >= 0.6 is 34.5 Å². The van der Waals surface area contributed by atoms with Crippen LogP contribution < -0.4 is 10.9 Å². The van der Waals surface area contributed by atoms with Crippen LogP contribution in [0.2, 0.25) is 10.0 Å². The second-order valence-corrected chi connectivity index (χ2v) is 6.32. The number of nitrogens with zero attached hydrogens (tertiary/aromatic N) is 3. The maximum atomic E-state index is 12.2. The quantitative estimate of drug-likeness (QED) is 0.767. The summed E-state index contributed by atoms with van der Waals surface area (Å²) < 4.78 is 1.40. The average Bonchev–Trinajstić information content (AvgIpc) is 2.81. The van der Waals surface area contributed by atoms with Crippen molar-refractivity contribution in [2.45, 2.75) is 6.92 Å². The molecule has 0 saturated heterocycles. The second-order valence-electron chi connectivity index (χ2n) is 4.44. The Morgan fingerprint density at radius 3 is 2.64 bits per heavy atom. The van der Waals surface area contributed by atoms with Gasteiger partial charge in [0.1, 0.15) is 10.6 Å². The normalized spacial score (nSPS) is 10.9. The van der Waals surface area contributed by atoms with Crippen LogP contribution in [-0.4, -0.2) is 20.5 Å². The van der Waals surface area contributed by atoms with Crippen molar-refractivity contribution in [2.75, 3.05) is 5.32 Å². The molecule has 2 aromatic heterocycles. The van der Waals surface area contributed by atoms with E-state index in [0.717, 1.165) is 11.3 Å². The number of anilines is 1. The highest BCUT2D eigenvalue weighted by Gasteiger charge is 2.13. The van der Waals surface area contributed by atoms with Crippen LogP contribution in [0.4, 0.5) is 5.69 Å². The molecule has 3 aromatic rings. The fraction of sp³-hybridized carbons (Fsp3) is 0.0769. The molecule has 1 aromatic carbocycles. The monoisotopic (exact) mass is 354 g/mol. The molecule has 0 aliphatic carbocycles. The molecule has 0 unspecified atom stereocenters. The number of halogens is 2. The molecule has 0 aliphatic heterocycles. The molecule has 9 heteroatoms. The van der Waals surface area contributed by atoms with Crippen molar-refractivity contribution >= 4 is 51.1 Å². The zero-order chi connectivity index (χ0) is 15.9. The van der Waals surface area contributed by atoms with E-state index in [1.54, 1.807) is 25.1 Å². The molecule has 0 radical (unpaired) electrons. The largest absolute Gasteiger partial charge is 0.321 e. The fourth-order valence-electron chi connectivity index (χ4n) is 1.78. The van der Waals surface area contributed by atoms with Crippen molar-refractivity contribution < 1.29 is 4.79 Å². The third-order valence-electron chi connectivity index (χ3n) is 2.75. The van der Waals surface area contributed by atoms with E-state index in [0.29, 0.717) is 25.6 Å². The molecule has 0 atom stereocenters. The van der Waals surface area contributed by atoms with Crippen molar-refractivity contribution in [1.82, 2.24) is 14.6 Å². The van der Waals surface area contributed by atoms with Crippen molar-refractivity contribution in [3.63, 3.8) is 0 Å². The zero-order valence-corrected chi connectivity index (χ0v) is 13.5. The van der Waals surface area contributed by atoms with Crippen LogP contribution in [-0.2, 0) is 0 Å². The van der Waals surface area contributed by atoms with Gasteiger partial charge in [-0.1, -0.05) is 34.5 Å². The highest BCUT2D eigenvalue weighted by Crippen LogP contribution is 2.23. The molecule has 0 aliphatic rings. The van der Waals surface area contributed by atoms with Gasteiger partial charge in [0, 0.05) is 15.7 Å². The standard InChI is InChI=1S/C13H8Cl2N4O2S/c1-6-11(20)17-13-19(18-6)5-10(22-13)12(21)16-9-3-7(14)2-8(15)4-9/h2-5H,1H3,(H,16,21).